The van der Waals surface area contributed by atoms with Gasteiger partial charge in [0.15, 0.2) is 0 Å². The van der Waals surface area contributed by atoms with Crippen LogP contribution in [0.3, 0.4) is 0 Å². The first-order valence-corrected chi connectivity index (χ1v) is 12.8. The second-order valence-corrected chi connectivity index (χ2v) is 12.1. The van der Waals surface area contributed by atoms with Crippen LogP contribution in [0.2, 0.25) is 0 Å². The Bertz CT molecular complexity index is 554. The summed E-state index contributed by atoms with van der Waals surface area (Å²) in [7, 11) is 0. The van der Waals surface area contributed by atoms with E-state index in [2.05, 4.69) is 54.2 Å². The van der Waals surface area contributed by atoms with E-state index < -0.39 is 0 Å². The van der Waals surface area contributed by atoms with Gasteiger partial charge in [-0.15, -0.1) is 0 Å². The maximum Gasteiger partial charge on any atom is 0.0594 e. The lowest BCUT2D eigenvalue weighted by Gasteiger charge is -2.43. The normalized spacial score (nSPS) is 34.1. The molecule has 5 nitrogen and oxygen atoms in total. The van der Waals surface area contributed by atoms with E-state index in [1.165, 1.54) is 71.4 Å². The molecular weight excluding hydrogens is 372 g/mol. The maximum atomic E-state index is 5.57. The number of hydrogen-bond donors (Lipinski definition) is 0. The fraction of sp³-hybridized carbons (Fsp3) is 1.00. The van der Waals surface area contributed by atoms with Crippen molar-refractivity contribution in [1.82, 2.24) is 19.6 Å². The van der Waals surface area contributed by atoms with E-state index in [1.807, 2.05) is 0 Å². The van der Waals surface area contributed by atoms with E-state index in [1.54, 1.807) is 0 Å². The molecular formula is C25H48N4O. The van der Waals surface area contributed by atoms with E-state index in [-0.39, 0.29) is 0 Å². The molecule has 3 atom stereocenters. The molecule has 5 heteroatoms. The number of rotatable bonds is 5. The second kappa shape index (κ2) is 9.35. The molecule has 0 spiro atoms. The highest BCUT2D eigenvalue weighted by atomic mass is 16.5. The van der Waals surface area contributed by atoms with Gasteiger partial charge < -0.3 is 4.74 Å². The smallest absolute Gasteiger partial charge is 0.0594 e. The summed E-state index contributed by atoms with van der Waals surface area (Å²) in [5.74, 6) is 0.861. The van der Waals surface area contributed by atoms with Crippen molar-refractivity contribution in [2.75, 3.05) is 65.6 Å². The molecule has 174 valence electrons. The lowest BCUT2D eigenvalue weighted by atomic mass is 9.84. The molecule has 1 unspecified atom stereocenters. The van der Waals surface area contributed by atoms with Crippen LogP contribution in [0, 0.1) is 5.92 Å². The zero-order valence-corrected chi connectivity index (χ0v) is 20.5. The summed E-state index contributed by atoms with van der Waals surface area (Å²) in [5, 5.41) is 0. The van der Waals surface area contributed by atoms with Gasteiger partial charge >= 0.3 is 0 Å². The van der Waals surface area contributed by atoms with Crippen LogP contribution < -0.4 is 0 Å². The van der Waals surface area contributed by atoms with Crippen molar-refractivity contribution >= 4 is 0 Å². The number of hydrogen-bond acceptors (Lipinski definition) is 5. The predicted molar refractivity (Wildman–Crippen MR) is 125 cm³/mol. The highest BCUT2D eigenvalue weighted by Gasteiger charge is 2.40. The quantitative estimate of drug-likeness (QED) is 0.680. The fourth-order valence-electron chi connectivity index (χ4n) is 6.61. The molecule has 0 aliphatic carbocycles. The van der Waals surface area contributed by atoms with Gasteiger partial charge in [0.2, 0.25) is 0 Å². The number of nitrogens with zero attached hydrogens (tertiary/aromatic N) is 4. The van der Waals surface area contributed by atoms with Gasteiger partial charge in [0, 0.05) is 69.0 Å². The van der Waals surface area contributed by atoms with Gasteiger partial charge in [-0.2, -0.15) is 0 Å². The van der Waals surface area contributed by atoms with Crippen LogP contribution in [0.1, 0.15) is 66.7 Å². The van der Waals surface area contributed by atoms with Crippen LogP contribution in [0.25, 0.3) is 0 Å². The Hall–Kier alpha value is -0.200. The molecule has 0 bridgehead atoms. The van der Waals surface area contributed by atoms with Gasteiger partial charge in [0.05, 0.1) is 13.2 Å². The molecule has 0 N–H and O–H groups in total. The summed E-state index contributed by atoms with van der Waals surface area (Å²) in [4.78, 5) is 11.0. The molecule has 4 aliphatic rings. The van der Waals surface area contributed by atoms with Crippen molar-refractivity contribution in [3.8, 4) is 0 Å². The molecule has 0 saturated carbocycles. The van der Waals surface area contributed by atoms with Crippen LogP contribution in [-0.2, 0) is 4.74 Å². The third-order valence-electron chi connectivity index (χ3n) is 8.55. The van der Waals surface area contributed by atoms with Crippen LogP contribution in [-0.4, -0.2) is 108 Å². The summed E-state index contributed by atoms with van der Waals surface area (Å²) < 4.78 is 5.57. The third-order valence-corrected chi connectivity index (χ3v) is 8.55. The van der Waals surface area contributed by atoms with Gasteiger partial charge in [-0.05, 0) is 79.2 Å². The first-order valence-electron chi connectivity index (χ1n) is 12.8. The Kier molecular flexibility index (Phi) is 7.16. The summed E-state index contributed by atoms with van der Waals surface area (Å²) in [6.45, 7) is 24.0. The number of piperidine rings is 1. The topological polar surface area (TPSA) is 22.2 Å². The third kappa shape index (κ3) is 5.40. The molecule has 0 radical (unpaired) electrons. The Labute approximate surface area is 186 Å². The van der Waals surface area contributed by atoms with Crippen LogP contribution in [0.15, 0.2) is 0 Å². The van der Waals surface area contributed by atoms with Crippen molar-refractivity contribution < 1.29 is 4.74 Å². The van der Waals surface area contributed by atoms with Crippen molar-refractivity contribution in [3.05, 3.63) is 0 Å². The van der Waals surface area contributed by atoms with Gasteiger partial charge in [-0.25, -0.2) is 0 Å². The average molecular weight is 421 g/mol. The lowest BCUT2D eigenvalue weighted by molar-refractivity contribution is 0.0136. The van der Waals surface area contributed by atoms with Crippen LogP contribution in [0.5, 0.6) is 0 Å². The number of ether oxygens (including phenoxy) is 1. The molecule has 0 amide bonds. The Morgan fingerprint density at radius 3 is 2.00 bits per heavy atom. The summed E-state index contributed by atoms with van der Waals surface area (Å²) >= 11 is 0. The second-order valence-electron chi connectivity index (χ2n) is 12.1. The number of morpholine rings is 1. The Morgan fingerprint density at radius 2 is 1.33 bits per heavy atom. The average Bonchev–Trinajstić information content (AvgIpc) is 3.39. The van der Waals surface area contributed by atoms with E-state index in [0.29, 0.717) is 11.1 Å². The summed E-state index contributed by atoms with van der Waals surface area (Å²) in [6.07, 6.45) is 6.88. The predicted octanol–water partition coefficient (Wildman–Crippen LogP) is 3.15. The SMILES string of the molecule is CC(C)(C)N1CC[C@@H](N2CCCC(CC(C)(C)N3CC[C@@H](N4CCOCC4)C3)C2)C1. The Morgan fingerprint density at radius 1 is 0.700 bits per heavy atom. The molecule has 30 heavy (non-hydrogen) atoms. The minimum absolute atomic E-state index is 0.318. The van der Waals surface area contributed by atoms with Crippen molar-refractivity contribution in [3.63, 3.8) is 0 Å². The lowest BCUT2D eigenvalue weighted by Crippen LogP contribution is -2.50. The Balaban J connectivity index is 1.28. The molecule has 0 aromatic rings. The minimum Gasteiger partial charge on any atom is -0.379 e. The van der Waals surface area contributed by atoms with Gasteiger partial charge in [0.25, 0.3) is 0 Å². The van der Waals surface area contributed by atoms with E-state index in [9.17, 15) is 0 Å². The van der Waals surface area contributed by atoms with Crippen molar-refractivity contribution in [2.45, 2.75) is 89.9 Å². The molecule has 4 fully saturated rings. The van der Waals surface area contributed by atoms with Crippen LogP contribution >= 0.6 is 0 Å². The van der Waals surface area contributed by atoms with Crippen molar-refractivity contribution in [2.24, 2.45) is 5.92 Å². The molecule has 4 rings (SSSR count). The van der Waals surface area contributed by atoms with Gasteiger partial charge in [0.1, 0.15) is 0 Å². The maximum absolute atomic E-state index is 5.57. The minimum atomic E-state index is 0.318. The monoisotopic (exact) mass is 420 g/mol. The summed E-state index contributed by atoms with van der Waals surface area (Å²) in [6, 6.07) is 1.53. The highest BCUT2D eigenvalue weighted by Crippen LogP contribution is 2.34. The van der Waals surface area contributed by atoms with Gasteiger partial charge in [-0.1, -0.05) is 0 Å². The largest absolute Gasteiger partial charge is 0.379 e. The first kappa shape index (κ1) is 23.0. The van der Waals surface area contributed by atoms with E-state index in [0.717, 1.165) is 44.3 Å². The fourth-order valence-corrected chi connectivity index (χ4v) is 6.61. The molecule has 4 heterocycles. The molecule has 0 aromatic carbocycles. The molecule has 4 saturated heterocycles. The van der Waals surface area contributed by atoms with Crippen LogP contribution in [0.4, 0.5) is 0 Å². The van der Waals surface area contributed by atoms with Gasteiger partial charge in [-0.3, -0.25) is 19.6 Å². The van der Waals surface area contributed by atoms with E-state index >= 15 is 0 Å². The highest BCUT2D eigenvalue weighted by molar-refractivity contribution is 4.96. The molecule has 0 aromatic heterocycles. The number of likely N-dealkylation sites (tertiary alicyclic amines) is 3. The summed E-state index contributed by atoms with van der Waals surface area (Å²) in [5.41, 5.74) is 0.639. The van der Waals surface area contributed by atoms with E-state index in [4.69, 9.17) is 4.74 Å². The zero-order valence-electron chi connectivity index (χ0n) is 20.5. The van der Waals surface area contributed by atoms with Crippen molar-refractivity contribution in [1.29, 1.82) is 0 Å². The zero-order chi connectivity index (χ0) is 21.4. The first-order chi connectivity index (χ1) is 14.2. The standard InChI is InChI=1S/C25H48N4O/c1-24(2,3)28-11-8-23(19-28)27-10-6-7-21(18-27)17-25(4,5)29-12-9-22(20-29)26-13-15-30-16-14-26/h21-23H,6-20H2,1-5H3/t21?,22-,23-/m1/s1. The molecule has 4 aliphatic heterocycles.